The summed E-state index contributed by atoms with van der Waals surface area (Å²) in [5, 5.41) is 0. The largest absolute Gasteiger partial charge is 0.341 e. The van der Waals surface area contributed by atoms with Gasteiger partial charge in [0.15, 0.2) is 0 Å². The van der Waals surface area contributed by atoms with Crippen LogP contribution in [0.4, 0.5) is 0 Å². The molecular formula is C10H20N2O. The Bertz CT molecular complexity index is 199. The number of amides is 1. The molecule has 1 amide bonds. The van der Waals surface area contributed by atoms with Crippen molar-refractivity contribution in [3.63, 3.8) is 0 Å². The third-order valence-electron chi connectivity index (χ3n) is 2.58. The highest BCUT2D eigenvalue weighted by molar-refractivity contribution is 5.82. The first-order valence-corrected chi connectivity index (χ1v) is 4.87. The summed E-state index contributed by atoms with van der Waals surface area (Å²) in [5.74, 6) is 0.746. The van der Waals surface area contributed by atoms with Crippen molar-refractivity contribution in [2.45, 2.75) is 33.7 Å². The van der Waals surface area contributed by atoms with Crippen LogP contribution >= 0.6 is 0 Å². The monoisotopic (exact) mass is 184 g/mol. The summed E-state index contributed by atoms with van der Waals surface area (Å²) >= 11 is 0. The fraction of sp³-hybridized carbons (Fsp3) is 0.900. The average molecular weight is 184 g/mol. The van der Waals surface area contributed by atoms with Gasteiger partial charge in [-0.25, -0.2) is 0 Å². The first-order valence-electron chi connectivity index (χ1n) is 4.87. The molecule has 0 aliphatic carbocycles. The van der Waals surface area contributed by atoms with Crippen molar-refractivity contribution in [3.8, 4) is 0 Å². The minimum absolute atomic E-state index is 0.212. The molecule has 1 heterocycles. The van der Waals surface area contributed by atoms with Crippen LogP contribution in [0.15, 0.2) is 0 Å². The van der Waals surface area contributed by atoms with Gasteiger partial charge in [-0.15, -0.1) is 0 Å². The van der Waals surface area contributed by atoms with Gasteiger partial charge in [-0.2, -0.15) is 0 Å². The first-order chi connectivity index (χ1) is 5.82. The van der Waals surface area contributed by atoms with E-state index in [4.69, 9.17) is 5.73 Å². The lowest BCUT2D eigenvalue weighted by molar-refractivity contribution is -0.146. The van der Waals surface area contributed by atoms with Gasteiger partial charge in [0.25, 0.3) is 0 Å². The van der Waals surface area contributed by atoms with Gasteiger partial charge in [0.05, 0.1) is 0 Å². The molecule has 1 aliphatic rings. The maximum Gasteiger partial charge on any atom is 0.227 e. The molecule has 1 unspecified atom stereocenters. The molecule has 3 nitrogen and oxygen atoms in total. The summed E-state index contributed by atoms with van der Waals surface area (Å²) in [6.45, 7) is 9.54. The van der Waals surface area contributed by atoms with Gasteiger partial charge in [-0.05, 0) is 6.92 Å². The molecule has 0 spiro atoms. The van der Waals surface area contributed by atoms with E-state index in [1.54, 1.807) is 0 Å². The van der Waals surface area contributed by atoms with E-state index < -0.39 is 0 Å². The maximum absolute atomic E-state index is 11.7. The first kappa shape index (κ1) is 10.5. The maximum atomic E-state index is 11.7. The summed E-state index contributed by atoms with van der Waals surface area (Å²) in [7, 11) is 0. The van der Waals surface area contributed by atoms with Crippen LogP contribution in [0.25, 0.3) is 0 Å². The standard InChI is InChI=1S/C10H20N2O/c1-7(11)8-5-12(6-8)9(13)10(2,3)4/h7-8H,5-6,11H2,1-4H3. The van der Waals surface area contributed by atoms with Crippen molar-refractivity contribution >= 4 is 5.91 Å². The molecule has 1 rings (SSSR count). The lowest BCUT2D eigenvalue weighted by Gasteiger charge is -2.44. The Balaban J connectivity index is 2.40. The van der Waals surface area contributed by atoms with Crippen molar-refractivity contribution in [2.75, 3.05) is 13.1 Å². The number of hydrogen-bond acceptors (Lipinski definition) is 2. The number of nitrogens with zero attached hydrogens (tertiary/aromatic N) is 1. The number of likely N-dealkylation sites (tertiary alicyclic amines) is 1. The fourth-order valence-electron chi connectivity index (χ4n) is 1.49. The highest BCUT2D eigenvalue weighted by Crippen LogP contribution is 2.25. The third kappa shape index (κ3) is 2.21. The molecule has 3 heteroatoms. The molecule has 0 aromatic rings. The van der Waals surface area contributed by atoms with Crippen molar-refractivity contribution in [1.29, 1.82) is 0 Å². The minimum Gasteiger partial charge on any atom is -0.341 e. The van der Waals surface area contributed by atoms with Crippen LogP contribution in [-0.2, 0) is 4.79 Å². The van der Waals surface area contributed by atoms with Crippen LogP contribution in [0.1, 0.15) is 27.7 Å². The van der Waals surface area contributed by atoms with Gasteiger partial charge in [-0.1, -0.05) is 20.8 Å². The zero-order chi connectivity index (χ0) is 10.2. The van der Waals surface area contributed by atoms with E-state index in [1.807, 2.05) is 32.6 Å². The molecule has 0 saturated carbocycles. The lowest BCUT2D eigenvalue weighted by atomic mass is 9.88. The van der Waals surface area contributed by atoms with E-state index in [0.717, 1.165) is 13.1 Å². The van der Waals surface area contributed by atoms with Crippen molar-refractivity contribution < 1.29 is 4.79 Å². The highest BCUT2D eigenvalue weighted by atomic mass is 16.2. The Hall–Kier alpha value is -0.570. The van der Waals surface area contributed by atoms with E-state index in [1.165, 1.54) is 0 Å². The SMILES string of the molecule is CC(N)C1CN(C(=O)C(C)(C)C)C1. The van der Waals surface area contributed by atoms with Crippen LogP contribution in [-0.4, -0.2) is 29.9 Å². The normalized spacial score (nSPS) is 21.2. The topological polar surface area (TPSA) is 46.3 Å². The van der Waals surface area contributed by atoms with Crippen molar-refractivity contribution in [1.82, 2.24) is 4.90 Å². The zero-order valence-electron chi connectivity index (χ0n) is 9.00. The van der Waals surface area contributed by atoms with Gasteiger partial charge >= 0.3 is 0 Å². The minimum atomic E-state index is -0.247. The molecule has 13 heavy (non-hydrogen) atoms. The van der Waals surface area contributed by atoms with E-state index >= 15 is 0 Å². The van der Waals surface area contributed by atoms with Crippen LogP contribution in [0.2, 0.25) is 0 Å². The van der Waals surface area contributed by atoms with Gasteiger partial charge in [0.2, 0.25) is 5.91 Å². The van der Waals surface area contributed by atoms with Crippen molar-refractivity contribution in [3.05, 3.63) is 0 Å². The summed E-state index contributed by atoms with van der Waals surface area (Å²) < 4.78 is 0. The summed E-state index contributed by atoms with van der Waals surface area (Å²) in [4.78, 5) is 13.6. The number of hydrogen-bond donors (Lipinski definition) is 1. The van der Waals surface area contributed by atoms with Crippen LogP contribution < -0.4 is 5.73 Å². The fourth-order valence-corrected chi connectivity index (χ4v) is 1.49. The molecule has 0 radical (unpaired) electrons. The molecule has 0 aromatic heterocycles. The van der Waals surface area contributed by atoms with E-state index in [2.05, 4.69) is 0 Å². The molecule has 2 N–H and O–H groups in total. The molecule has 76 valence electrons. The number of carbonyl (C=O) groups excluding carboxylic acids is 1. The Labute approximate surface area is 80.3 Å². The van der Waals surface area contributed by atoms with Crippen LogP contribution in [0.3, 0.4) is 0 Å². The number of rotatable bonds is 1. The second-order valence-electron chi connectivity index (χ2n) is 5.08. The highest BCUT2D eigenvalue weighted by Gasteiger charge is 2.37. The predicted molar refractivity (Wildman–Crippen MR) is 53.2 cm³/mol. The van der Waals surface area contributed by atoms with E-state index in [9.17, 15) is 4.79 Å². The predicted octanol–water partition coefficient (Wildman–Crippen LogP) is 0.838. The number of nitrogens with two attached hydrogens (primary N) is 1. The molecule has 1 saturated heterocycles. The van der Waals surface area contributed by atoms with Crippen LogP contribution in [0.5, 0.6) is 0 Å². The second-order valence-corrected chi connectivity index (χ2v) is 5.08. The Morgan fingerprint density at radius 2 is 1.92 bits per heavy atom. The summed E-state index contributed by atoms with van der Waals surface area (Å²) in [5.41, 5.74) is 5.48. The Morgan fingerprint density at radius 1 is 1.46 bits per heavy atom. The van der Waals surface area contributed by atoms with Gasteiger partial charge in [0, 0.05) is 30.5 Å². The van der Waals surface area contributed by atoms with Gasteiger partial charge in [-0.3, -0.25) is 4.79 Å². The smallest absolute Gasteiger partial charge is 0.227 e. The second kappa shape index (κ2) is 3.29. The quantitative estimate of drug-likeness (QED) is 0.656. The molecule has 1 atom stereocenters. The van der Waals surface area contributed by atoms with Crippen molar-refractivity contribution in [2.24, 2.45) is 17.1 Å². The number of carbonyl (C=O) groups is 1. The average Bonchev–Trinajstić information content (AvgIpc) is 1.80. The Morgan fingerprint density at radius 3 is 2.23 bits per heavy atom. The molecule has 0 bridgehead atoms. The van der Waals surface area contributed by atoms with E-state index in [0.29, 0.717) is 5.92 Å². The third-order valence-corrected chi connectivity index (χ3v) is 2.58. The Kier molecular flexibility index (Phi) is 2.66. The summed E-state index contributed by atoms with van der Waals surface area (Å²) in [6, 6.07) is 0.212. The van der Waals surface area contributed by atoms with Gasteiger partial charge < -0.3 is 10.6 Å². The molecule has 1 aliphatic heterocycles. The van der Waals surface area contributed by atoms with Gasteiger partial charge in [0.1, 0.15) is 0 Å². The zero-order valence-corrected chi connectivity index (χ0v) is 9.00. The molecular weight excluding hydrogens is 164 g/mol. The molecule has 0 aromatic carbocycles. The lowest BCUT2D eigenvalue weighted by Crippen LogP contribution is -2.58. The van der Waals surface area contributed by atoms with E-state index in [-0.39, 0.29) is 17.4 Å². The van der Waals surface area contributed by atoms with Crippen LogP contribution in [0, 0.1) is 11.3 Å². The molecule has 1 fully saturated rings. The summed E-state index contributed by atoms with van der Waals surface area (Å²) in [6.07, 6.45) is 0.